The molecule has 0 aliphatic rings. The molecule has 0 heterocycles. The van der Waals surface area contributed by atoms with Crippen LogP contribution in [0.1, 0.15) is 0 Å². The molecule has 0 fully saturated rings. The van der Waals surface area contributed by atoms with Crippen molar-refractivity contribution in [3.63, 3.8) is 0 Å². The second-order valence-corrected chi connectivity index (χ2v) is 0.577. The minimum atomic E-state index is 0. The van der Waals surface area contributed by atoms with Gasteiger partial charge in [-0.3, -0.25) is 0 Å². The molecule has 32 valence electrons. The summed E-state index contributed by atoms with van der Waals surface area (Å²) < 4.78 is 0. The summed E-state index contributed by atoms with van der Waals surface area (Å²) in [6.07, 6.45) is 0. The molecule has 0 aromatic carbocycles. The monoisotopic (exact) mass is 90.1 g/mol. The van der Waals surface area contributed by atoms with E-state index in [4.69, 9.17) is 11.5 Å². The first kappa shape index (κ1) is 9.07. The number of rotatable bonds is 1. The highest BCUT2D eigenvalue weighted by Gasteiger charge is 1.54. The molecule has 0 aliphatic carbocycles. The summed E-state index contributed by atoms with van der Waals surface area (Å²) in [7, 11) is 0. The molecule has 0 bridgehead atoms. The molecule has 2 nitrogen and oxygen atoms in total. The number of hydrogen-bond donors (Lipinski definition) is 2. The summed E-state index contributed by atoms with van der Waals surface area (Å²) in [6, 6.07) is 0. The fourth-order valence-electron chi connectivity index (χ4n) is 0. The lowest BCUT2D eigenvalue weighted by Gasteiger charge is -1.72. The van der Waals surface area contributed by atoms with Gasteiger partial charge in [0.1, 0.15) is 0 Å². The first-order valence-electron chi connectivity index (χ1n) is 1.32. The van der Waals surface area contributed by atoms with E-state index in [2.05, 4.69) is 0 Å². The van der Waals surface area contributed by atoms with E-state index in [0.717, 1.165) is 0 Å². The third kappa shape index (κ3) is 12.7. The molecule has 0 saturated heterocycles. The number of nitrogens with two attached hydrogens (primary N) is 2. The third-order valence-corrected chi connectivity index (χ3v) is 0.167. The molecular weight excluding hydrogens is 79.0 g/mol. The molecule has 0 aromatic heterocycles. The van der Waals surface area contributed by atoms with Gasteiger partial charge in [-0.1, -0.05) is 0 Å². The van der Waals surface area contributed by atoms with Crippen LogP contribution in [0.25, 0.3) is 0 Å². The van der Waals surface area contributed by atoms with Crippen LogP contribution in [0, 0.1) is 0 Å². The second kappa shape index (κ2) is 8.82. The van der Waals surface area contributed by atoms with Crippen molar-refractivity contribution >= 4 is 17.4 Å². The minimum absolute atomic E-state index is 0. The van der Waals surface area contributed by atoms with Gasteiger partial charge in [-0.2, -0.15) is 0 Å². The summed E-state index contributed by atoms with van der Waals surface area (Å²) in [5, 5.41) is 0. The molecule has 0 amide bonds. The standard InChI is InChI=1S/C2H8N2.Al.3H/c3-1-2-4;;;;/h1-4H2;;;;. The van der Waals surface area contributed by atoms with E-state index >= 15 is 0 Å². The van der Waals surface area contributed by atoms with Gasteiger partial charge < -0.3 is 11.5 Å². The molecule has 0 spiro atoms. The van der Waals surface area contributed by atoms with Gasteiger partial charge in [-0.25, -0.2) is 0 Å². The largest absolute Gasteiger partial charge is 0.329 e. The first-order valence-corrected chi connectivity index (χ1v) is 1.32. The van der Waals surface area contributed by atoms with E-state index in [0.29, 0.717) is 13.1 Å². The van der Waals surface area contributed by atoms with Crippen LogP contribution < -0.4 is 11.5 Å². The Labute approximate surface area is 42.7 Å². The SMILES string of the molecule is NCCN.[AlH3]. The predicted octanol–water partition coefficient (Wildman–Crippen LogP) is -2.28. The smallest absolute Gasteiger partial charge is 0.187 e. The topological polar surface area (TPSA) is 52.0 Å². The highest BCUT2D eigenvalue weighted by Crippen LogP contribution is 1.24. The van der Waals surface area contributed by atoms with E-state index in [1.807, 2.05) is 0 Å². The summed E-state index contributed by atoms with van der Waals surface area (Å²) >= 11 is 0. The molecule has 3 heteroatoms. The Kier molecular flexibility index (Phi) is 16.0. The van der Waals surface area contributed by atoms with Crippen LogP contribution >= 0.6 is 0 Å². The van der Waals surface area contributed by atoms with E-state index in [1.165, 1.54) is 0 Å². The lowest BCUT2D eigenvalue weighted by molar-refractivity contribution is 0.976. The van der Waals surface area contributed by atoms with Gasteiger partial charge in [0.2, 0.25) is 0 Å². The Hall–Kier alpha value is 0.452. The van der Waals surface area contributed by atoms with E-state index in [1.54, 1.807) is 0 Å². The number of hydrogen-bond acceptors (Lipinski definition) is 2. The molecule has 5 heavy (non-hydrogen) atoms. The summed E-state index contributed by atoms with van der Waals surface area (Å²) in [5.41, 5.74) is 9.81. The Morgan fingerprint density at radius 3 is 1.20 bits per heavy atom. The highest BCUT2D eigenvalue weighted by molar-refractivity contribution is 5.75. The molecule has 0 radical (unpaired) electrons. The lowest BCUT2D eigenvalue weighted by Crippen LogP contribution is -2.11. The van der Waals surface area contributed by atoms with Crippen molar-refractivity contribution in [2.75, 3.05) is 13.1 Å². The van der Waals surface area contributed by atoms with Gasteiger partial charge in [0.15, 0.2) is 17.4 Å². The Morgan fingerprint density at radius 1 is 1.00 bits per heavy atom. The molecule has 4 N–H and O–H groups in total. The quantitative estimate of drug-likeness (QED) is 0.356. The van der Waals surface area contributed by atoms with E-state index in [9.17, 15) is 0 Å². The Bertz CT molecular complexity index is 9.61. The molecule has 0 unspecified atom stereocenters. The van der Waals surface area contributed by atoms with E-state index in [-0.39, 0.29) is 17.4 Å². The van der Waals surface area contributed by atoms with Crippen molar-refractivity contribution in [3.05, 3.63) is 0 Å². The zero-order chi connectivity index (χ0) is 3.41. The van der Waals surface area contributed by atoms with Crippen LogP contribution in [-0.2, 0) is 0 Å². The maximum Gasteiger partial charge on any atom is 0.187 e. The van der Waals surface area contributed by atoms with Crippen LogP contribution in [0.4, 0.5) is 0 Å². The molecule has 0 aromatic rings. The molecular formula is C2H11AlN2. The minimum Gasteiger partial charge on any atom is -0.329 e. The highest BCUT2D eigenvalue weighted by atomic mass is 27.0. The Balaban J connectivity index is 0. The van der Waals surface area contributed by atoms with Crippen LogP contribution in [0.5, 0.6) is 0 Å². The van der Waals surface area contributed by atoms with Crippen LogP contribution in [0.3, 0.4) is 0 Å². The average Bonchev–Trinajstić information content (AvgIpc) is 1.37. The van der Waals surface area contributed by atoms with Gasteiger partial charge in [0, 0.05) is 13.1 Å². The summed E-state index contributed by atoms with van der Waals surface area (Å²) in [6.45, 7) is 1.19. The van der Waals surface area contributed by atoms with Crippen molar-refractivity contribution < 1.29 is 0 Å². The van der Waals surface area contributed by atoms with Gasteiger partial charge in [-0.15, -0.1) is 0 Å². The Morgan fingerprint density at radius 2 is 1.20 bits per heavy atom. The average molecular weight is 90.1 g/mol. The molecule has 0 rings (SSSR count). The van der Waals surface area contributed by atoms with Crippen LogP contribution in [0.2, 0.25) is 0 Å². The molecule has 0 atom stereocenters. The van der Waals surface area contributed by atoms with E-state index < -0.39 is 0 Å². The third-order valence-electron chi connectivity index (χ3n) is 0.167. The maximum absolute atomic E-state index is 4.90. The van der Waals surface area contributed by atoms with Crippen molar-refractivity contribution in [2.24, 2.45) is 11.5 Å². The van der Waals surface area contributed by atoms with Crippen molar-refractivity contribution in [1.29, 1.82) is 0 Å². The van der Waals surface area contributed by atoms with Crippen molar-refractivity contribution in [2.45, 2.75) is 0 Å². The maximum atomic E-state index is 4.90. The van der Waals surface area contributed by atoms with Gasteiger partial charge in [-0.05, 0) is 0 Å². The fourth-order valence-corrected chi connectivity index (χ4v) is 0. The van der Waals surface area contributed by atoms with Gasteiger partial charge >= 0.3 is 0 Å². The van der Waals surface area contributed by atoms with Crippen molar-refractivity contribution in [1.82, 2.24) is 0 Å². The molecule has 0 saturated carbocycles. The zero-order valence-corrected chi connectivity index (χ0v) is 2.57. The zero-order valence-electron chi connectivity index (χ0n) is 2.57. The van der Waals surface area contributed by atoms with Gasteiger partial charge in [0.25, 0.3) is 0 Å². The van der Waals surface area contributed by atoms with Crippen LogP contribution in [-0.4, -0.2) is 30.5 Å². The predicted molar refractivity (Wildman–Crippen MR) is 28.0 cm³/mol. The molecule has 0 aliphatic heterocycles. The second-order valence-electron chi connectivity index (χ2n) is 0.577. The van der Waals surface area contributed by atoms with Crippen LogP contribution in [0.15, 0.2) is 0 Å². The normalized spacial score (nSPS) is 6.00. The van der Waals surface area contributed by atoms with Gasteiger partial charge in [0.05, 0.1) is 0 Å². The van der Waals surface area contributed by atoms with Crippen molar-refractivity contribution in [3.8, 4) is 0 Å². The summed E-state index contributed by atoms with van der Waals surface area (Å²) in [4.78, 5) is 0. The fraction of sp³-hybridized carbons (Fsp3) is 1.00. The first-order chi connectivity index (χ1) is 1.91. The lowest BCUT2D eigenvalue weighted by atomic mass is 10.7. The summed E-state index contributed by atoms with van der Waals surface area (Å²) in [5.74, 6) is 0.